The number of carbonyl (C=O) groups is 2. The van der Waals surface area contributed by atoms with Crippen LogP contribution in [0.4, 0.5) is 4.79 Å². The Labute approximate surface area is 146 Å². The van der Waals surface area contributed by atoms with E-state index in [9.17, 15) is 14.7 Å². The monoisotopic (exact) mass is 349 g/mol. The van der Waals surface area contributed by atoms with Crippen LogP contribution in [-0.2, 0) is 9.53 Å². The molecule has 0 saturated carbocycles. The predicted octanol–water partition coefficient (Wildman–Crippen LogP) is 2.49. The maximum Gasteiger partial charge on any atom is 0.410 e. The Balaban J connectivity index is 1.82. The maximum absolute atomic E-state index is 12.3. The van der Waals surface area contributed by atoms with E-state index in [1.54, 1.807) is 26.8 Å². The molecule has 25 heavy (non-hydrogen) atoms. The standard InChI is InChI=1S/C18H23NO6/c1-18(2,3)25-17(22)19-9-12(13(10-19)16(20)21)11-4-5-14-15(8-11)24-7-6-23-14/h4-5,8,12-13H,6-7,9-10H2,1-3H3,(H,20,21). The molecule has 0 radical (unpaired) electrons. The lowest BCUT2D eigenvalue weighted by atomic mass is 9.89. The molecular formula is C18H23NO6. The van der Waals surface area contributed by atoms with Gasteiger partial charge in [0.1, 0.15) is 18.8 Å². The third-order valence-corrected chi connectivity index (χ3v) is 4.28. The zero-order valence-corrected chi connectivity index (χ0v) is 14.7. The van der Waals surface area contributed by atoms with Crippen molar-refractivity contribution < 1.29 is 28.9 Å². The fourth-order valence-corrected chi connectivity index (χ4v) is 3.16. The fourth-order valence-electron chi connectivity index (χ4n) is 3.16. The number of rotatable bonds is 2. The van der Waals surface area contributed by atoms with Crippen molar-refractivity contribution in [2.75, 3.05) is 26.3 Å². The second-order valence-electron chi connectivity index (χ2n) is 7.34. The Morgan fingerprint density at radius 2 is 1.84 bits per heavy atom. The van der Waals surface area contributed by atoms with Crippen LogP contribution < -0.4 is 9.47 Å². The first-order valence-corrected chi connectivity index (χ1v) is 8.35. The first-order valence-electron chi connectivity index (χ1n) is 8.35. The van der Waals surface area contributed by atoms with E-state index in [0.717, 1.165) is 5.56 Å². The molecule has 7 heteroatoms. The van der Waals surface area contributed by atoms with Gasteiger partial charge in [-0.1, -0.05) is 6.07 Å². The number of carboxylic acids is 1. The van der Waals surface area contributed by atoms with E-state index in [0.29, 0.717) is 31.3 Å². The summed E-state index contributed by atoms with van der Waals surface area (Å²) in [6, 6.07) is 5.44. The highest BCUT2D eigenvalue weighted by atomic mass is 16.6. The van der Waals surface area contributed by atoms with Gasteiger partial charge in [0.25, 0.3) is 0 Å². The van der Waals surface area contributed by atoms with Gasteiger partial charge < -0.3 is 24.2 Å². The topological polar surface area (TPSA) is 85.3 Å². The molecule has 0 spiro atoms. The molecule has 1 fully saturated rings. The minimum atomic E-state index is -0.925. The van der Waals surface area contributed by atoms with Crippen LogP contribution in [0.2, 0.25) is 0 Å². The maximum atomic E-state index is 12.3. The van der Waals surface area contributed by atoms with Crippen LogP contribution in [-0.4, -0.2) is 54.0 Å². The second kappa shape index (κ2) is 6.46. The number of nitrogens with zero attached hydrogens (tertiary/aromatic N) is 1. The molecule has 0 bridgehead atoms. The Bertz CT molecular complexity index is 681. The Morgan fingerprint density at radius 3 is 2.48 bits per heavy atom. The smallest absolute Gasteiger partial charge is 0.410 e. The van der Waals surface area contributed by atoms with Crippen molar-refractivity contribution in [3.05, 3.63) is 23.8 Å². The van der Waals surface area contributed by atoms with Gasteiger partial charge in [-0.2, -0.15) is 0 Å². The van der Waals surface area contributed by atoms with Gasteiger partial charge in [-0.25, -0.2) is 4.79 Å². The fraction of sp³-hybridized carbons (Fsp3) is 0.556. The molecule has 2 aliphatic rings. The first kappa shape index (κ1) is 17.4. The Kier molecular flexibility index (Phi) is 4.49. The van der Waals surface area contributed by atoms with Crippen LogP contribution in [0.25, 0.3) is 0 Å². The number of hydrogen-bond acceptors (Lipinski definition) is 5. The average molecular weight is 349 g/mol. The van der Waals surface area contributed by atoms with E-state index in [4.69, 9.17) is 14.2 Å². The van der Waals surface area contributed by atoms with Gasteiger partial charge in [-0.3, -0.25) is 4.79 Å². The lowest BCUT2D eigenvalue weighted by molar-refractivity contribution is -0.141. The quantitative estimate of drug-likeness (QED) is 0.883. The van der Waals surface area contributed by atoms with Crippen molar-refractivity contribution in [1.29, 1.82) is 0 Å². The summed E-state index contributed by atoms with van der Waals surface area (Å²) >= 11 is 0. The molecule has 7 nitrogen and oxygen atoms in total. The predicted molar refractivity (Wildman–Crippen MR) is 89.1 cm³/mol. The van der Waals surface area contributed by atoms with Gasteiger partial charge in [-0.15, -0.1) is 0 Å². The van der Waals surface area contributed by atoms with Crippen molar-refractivity contribution >= 4 is 12.1 Å². The van der Waals surface area contributed by atoms with Gasteiger partial charge in [0, 0.05) is 19.0 Å². The number of fused-ring (bicyclic) bond motifs is 1. The van der Waals surface area contributed by atoms with E-state index in [1.165, 1.54) is 4.90 Å². The summed E-state index contributed by atoms with van der Waals surface area (Å²) < 4.78 is 16.5. The van der Waals surface area contributed by atoms with Crippen LogP contribution in [0, 0.1) is 5.92 Å². The summed E-state index contributed by atoms with van der Waals surface area (Å²) in [5, 5.41) is 9.58. The molecule has 1 amide bonds. The highest BCUT2D eigenvalue weighted by Gasteiger charge is 2.42. The van der Waals surface area contributed by atoms with E-state index in [2.05, 4.69) is 0 Å². The number of amides is 1. The van der Waals surface area contributed by atoms with Crippen molar-refractivity contribution in [1.82, 2.24) is 4.90 Å². The molecule has 2 atom stereocenters. The molecule has 1 N–H and O–H groups in total. The number of hydrogen-bond donors (Lipinski definition) is 1. The van der Waals surface area contributed by atoms with Crippen molar-refractivity contribution in [3.8, 4) is 11.5 Å². The van der Waals surface area contributed by atoms with Crippen LogP contribution in [0.15, 0.2) is 18.2 Å². The Hall–Kier alpha value is -2.44. The zero-order valence-electron chi connectivity index (χ0n) is 14.7. The molecule has 1 aromatic rings. The summed E-state index contributed by atoms with van der Waals surface area (Å²) in [5.41, 5.74) is 0.202. The van der Waals surface area contributed by atoms with Gasteiger partial charge >= 0.3 is 12.1 Å². The summed E-state index contributed by atoms with van der Waals surface area (Å²) in [6.07, 6.45) is -0.487. The van der Waals surface area contributed by atoms with E-state index >= 15 is 0 Å². The van der Waals surface area contributed by atoms with Gasteiger partial charge in [0.2, 0.25) is 0 Å². The van der Waals surface area contributed by atoms with Crippen LogP contribution in [0.3, 0.4) is 0 Å². The van der Waals surface area contributed by atoms with Crippen molar-refractivity contribution in [2.45, 2.75) is 32.3 Å². The molecule has 136 valence electrons. The molecule has 1 saturated heterocycles. The molecule has 2 heterocycles. The lowest BCUT2D eigenvalue weighted by Gasteiger charge is -2.24. The zero-order chi connectivity index (χ0) is 18.2. The number of ether oxygens (including phenoxy) is 3. The third kappa shape index (κ3) is 3.81. The average Bonchev–Trinajstić information content (AvgIpc) is 2.98. The van der Waals surface area contributed by atoms with E-state index in [-0.39, 0.29) is 12.5 Å². The van der Waals surface area contributed by atoms with Crippen LogP contribution in [0.1, 0.15) is 32.3 Å². The largest absolute Gasteiger partial charge is 0.486 e. The molecule has 2 unspecified atom stereocenters. The second-order valence-corrected chi connectivity index (χ2v) is 7.34. The number of carbonyl (C=O) groups excluding carboxylic acids is 1. The van der Waals surface area contributed by atoms with E-state index < -0.39 is 23.6 Å². The van der Waals surface area contributed by atoms with E-state index in [1.807, 2.05) is 12.1 Å². The lowest BCUT2D eigenvalue weighted by Crippen LogP contribution is -2.35. The Morgan fingerprint density at radius 1 is 1.16 bits per heavy atom. The van der Waals surface area contributed by atoms with Crippen molar-refractivity contribution in [2.24, 2.45) is 5.92 Å². The summed E-state index contributed by atoms with van der Waals surface area (Å²) in [5.74, 6) is -0.658. The molecular weight excluding hydrogens is 326 g/mol. The van der Waals surface area contributed by atoms with Gasteiger partial charge in [0.15, 0.2) is 11.5 Å². The summed E-state index contributed by atoms with van der Waals surface area (Å²) in [7, 11) is 0. The van der Waals surface area contributed by atoms with Crippen LogP contribution >= 0.6 is 0 Å². The number of aliphatic carboxylic acids is 1. The summed E-state index contributed by atoms with van der Waals surface area (Å²) in [6.45, 7) is 6.75. The molecule has 2 aliphatic heterocycles. The normalized spacial score (nSPS) is 22.6. The molecule has 3 rings (SSSR count). The third-order valence-electron chi connectivity index (χ3n) is 4.28. The number of carboxylic acid groups (broad SMARTS) is 1. The number of benzene rings is 1. The van der Waals surface area contributed by atoms with Crippen molar-refractivity contribution in [3.63, 3.8) is 0 Å². The highest BCUT2D eigenvalue weighted by Crippen LogP contribution is 2.38. The van der Waals surface area contributed by atoms with Gasteiger partial charge in [0.05, 0.1) is 5.92 Å². The number of likely N-dealkylation sites (tertiary alicyclic amines) is 1. The van der Waals surface area contributed by atoms with Crippen LogP contribution in [0.5, 0.6) is 11.5 Å². The summed E-state index contributed by atoms with van der Waals surface area (Å²) in [4.78, 5) is 25.5. The van der Waals surface area contributed by atoms with Gasteiger partial charge in [-0.05, 0) is 38.5 Å². The molecule has 1 aromatic carbocycles. The SMILES string of the molecule is CC(C)(C)OC(=O)N1CC(C(=O)O)C(c2ccc3c(c2)OCCO3)C1. The minimum absolute atomic E-state index is 0.128. The first-order chi connectivity index (χ1) is 11.7. The molecule has 0 aliphatic carbocycles. The highest BCUT2D eigenvalue weighted by molar-refractivity contribution is 5.76. The molecule has 0 aromatic heterocycles. The minimum Gasteiger partial charge on any atom is -0.486 e.